The lowest BCUT2D eigenvalue weighted by atomic mass is 9.89. The van der Waals surface area contributed by atoms with E-state index in [1.54, 1.807) is 0 Å². The van der Waals surface area contributed by atoms with Gasteiger partial charge in [0.2, 0.25) is 0 Å². The third-order valence-corrected chi connectivity index (χ3v) is 3.04. The van der Waals surface area contributed by atoms with Gasteiger partial charge in [-0.1, -0.05) is 25.1 Å². The minimum Gasteiger partial charge on any atom is -0.491 e. The first kappa shape index (κ1) is 12.4. The third kappa shape index (κ3) is 4.02. The van der Waals surface area contributed by atoms with Crippen LogP contribution in [0.1, 0.15) is 19.8 Å². The van der Waals surface area contributed by atoms with E-state index >= 15 is 0 Å². The van der Waals surface area contributed by atoms with Gasteiger partial charge in [-0.25, -0.2) is 0 Å². The Morgan fingerprint density at radius 3 is 2.65 bits per heavy atom. The van der Waals surface area contributed by atoms with Crippen molar-refractivity contribution in [1.82, 2.24) is 5.32 Å². The SMILES string of the molecule is CCNC1CC(OCCOc2ccccc2)C1. The standard InChI is InChI=1S/C14H21NO2/c1-2-15-12-10-14(11-12)17-9-8-16-13-6-4-3-5-7-13/h3-7,12,14-15H,2,8-11H2,1H3. The van der Waals surface area contributed by atoms with Crippen LogP contribution < -0.4 is 10.1 Å². The molecule has 0 saturated heterocycles. The molecule has 1 aliphatic carbocycles. The van der Waals surface area contributed by atoms with E-state index in [9.17, 15) is 0 Å². The third-order valence-electron chi connectivity index (χ3n) is 3.04. The zero-order valence-corrected chi connectivity index (χ0v) is 10.4. The summed E-state index contributed by atoms with van der Waals surface area (Å²) < 4.78 is 11.3. The highest BCUT2D eigenvalue weighted by atomic mass is 16.5. The lowest BCUT2D eigenvalue weighted by molar-refractivity contribution is -0.0265. The van der Waals surface area contributed by atoms with E-state index in [1.807, 2.05) is 30.3 Å². The first-order valence-electron chi connectivity index (χ1n) is 6.41. The van der Waals surface area contributed by atoms with E-state index in [4.69, 9.17) is 9.47 Å². The maximum absolute atomic E-state index is 5.71. The topological polar surface area (TPSA) is 30.5 Å². The van der Waals surface area contributed by atoms with Gasteiger partial charge in [0.05, 0.1) is 12.7 Å². The Balaban J connectivity index is 1.50. The number of hydrogen-bond donors (Lipinski definition) is 1. The fourth-order valence-corrected chi connectivity index (χ4v) is 2.05. The highest BCUT2D eigenvalue weighted by molar-refractivity contribution is 5.20. The summed E-state index contributed by atoms with van der Waals surface area (Å²) in [4.78, 5) is 0. The van der Waals surface area contributed by atoms with E-state index < -0.39 is 0 Å². The van der Waals surface area contributed by atoms with Crippen molar-refractivity contribution in [3.63, 3.8) is 0 Å². The summed E-state index contributed by atoms with van der Waals surface area (Å²) >= 11 is 0. The maximum Gasteiger partial charge on any atom is 0.119 e. The molecule has 0 spiro atoms. The van der Waals surface area contributed by atoms with Crippen molar-refractivity contribution in [3.05, 3.63) is 30.3 Å². The normalized spacial score (nSPS) is 23.1. The van der Waals surface area contributed by atoms with Crippen LogP contribution in [0, 0.1) is 0 Å². The van der Waals surface area contributed by atoms with Crippen LogP contribution in [0.2, 0.25) is 0 Å². The minimum atomic E-state index is 0.429. The van der Waals surface area contributed by atoms with Crippen LogP contribution in [-0.4, -0.2) is 31.9 Å². The van der Waals surface area contributed by atoms with Crippen molar-refractivity contribution in [2.45, 2.75) is 31.9 Å². The zero-order valence-electron chi connectivity index (χ0n) is 10.4. The van der Waals surface area contributed by atoms with Crippen LogP contribution in [0.5, 0.6) is 5.75 Å². The molecule has 0 unspecified atom stereocenters. The molecule has 1 saturated carbocycles. The van der Waals surface area contributed by atoms with Gasteiger partial charge in [0, 0.05) is 6.04 Å². The Hall–Kier alpha value is -1.06. The fourth-order valence-electron chi connectivity index (χ4n) is 2.05. The Bertz CT molecular complexity index is 309. The van der Waals surface area contributed by atoms with Gasteiger partial charge < -0.3 is 14.8 Å². The van der Waals surface area contributed by atoms with Gasteiger partial charge in [-0.2, -0.15) is 0 Å². The van der Waals surface area contributed by atoms with Crippen LogP contribution in [-0.2, 0) is 4.74 Å². The van der Waals surface area contributed by atoms with Gasteiger partial charge in [0.25, 0.3) is 0 Å². The van der Waals surface area contributed by atoms with Crippen molar-refractivity contribution in [2.75, 3.05) is 19.8 Å². The second kappa shape index (κ2) is 6.62. The molecule has 0 radical (unpaired) electrons. The monoisotopic (exact) mass is 235 g/mol. The predicted molar refractivity (Wildman–Crippen MR) is 68.4 cm³/mol. The molecular formula is C14H21NO2. The van der Waals surface area contributed by atoms with Crippen LogP contribution in [0.4, 0.5) is 0 Å². The van der Waals surface area contributed by atoms with Crippen molar-refractivity contribution >= 4 is 0 Å². The van der Waals surface area contributed by atoms with Crippen LogP contribution in [0.15, 0.2) is 30.3 Å². The Kier molecular flexibility index (Phi) is 4.83. The molecule has 1 aromatic rings. The lowest BCUT2D eigenvalue weighted by Gasteiger charge is -2.35. The Morgan fingerprint density at radius 2 is 1.94 bits per heavy atom. The van der Waals surface area contributed by atoms with E-state index in [0.29, 0.717) is 25.4 Å². The summed E-state index contributed by atoms with van der Waals surface area (Å²) in [7, 11) is 0. The van der Waals surface area contributed by atoms with Crippen LogP contribution >= 0.6 is 0 Å². The molecule has 0 amide bonds. The Morgan fingerprint density at radius 1 is 1.18 bits per heavy atom. The van der Waals surface area contributed by atoms with Gasteiger partial charge in [-0.15, -0.1) is 0 Å². The Labute approximate surface area is 103 Å². The molecule has 1 N–H and O–H groups in total. The summed E-state index contributed by atoms with van der Waals surface area (Å²) in [5, 5.41) is 3.42. The molecule has 94 valence electrons. The molecular weight excluding hydrogens is 214 g/mol. The molecule has 0 heterocycles. The van der Waals surface area contributed by atoms with Crippen molar-refractivity contribution in [3.8, 4) is 5.75 Å². The number of para-hydroxylation sites is 1. The molecule has 0 aliphatic heterocycles. The second-order valence-corrected chi connectivity index (χ2v) is 4.38. The first-order chi connectivity index (χ1) is 8.38. The molecule has 1 fully saturated rings. The van der Waals surface area contributed by atoms with Crippen LogP contribution in [0.3, 0.4) is 0 Å². The predicted octanol–water partition coefficient (Wildman–Crippen LogP) is 2.22. The van der Waals surface area contributed by atoms with E-state index in [-0.39, 0.29) is 0 Å². The van der Waals surface area contributed by atoms with Crippen molar-refractivity contribution in [1.29, 1.82) is 0 Å². The summed E-state index contributed by atoms with van der Waals surface area (Å²) in [6, 6.07) is 10.5. The van der Waals surface area contributed by atoms with E-state index in [0.717, 1.165) is 25.1 Å². The summed E-state index contributed by atoms with van der Waals surface area (Å²) in [6.45, 7) is 4.50. The molecule has 3 nitrogen and oxygen atoms in total. The maximum atomic E-state index is 5.71. The molecule has 0 aromatic heterocycles. The van der Waals surface area contributed by atoms with Gasteiger partial charge in [-0.05, 0) is 31.5 Å². The fraction of sp³-hybridized carbons (Fsp3) is 0.571. The van der Waals surface area contributed by atoms with Gasteiger partial charge in [0.1, 0.15) is 12.4 Å². The van der Waals surface area contributed by atoms with E-state index in [1.165, 1.54) is 0 Å². The molecule has 2 rings (SSSR count). The number of hydrogen-bond acceptors (Lipinski definition) is 3. The molecule has 1 aliphatic rings. The highest BCUT2D eigenvalue weighted by Crippen LogP contribution is 2.22. The number of ether oxygens (including phenoxy) is 2. The van der Waals surface area contributed by atoms with Crippen molar-refractivity contribution in [2.24, 2.45) is 0 Å². The average Bonchev–Trinajstić information content (AvgIpc) is 2.32. The zero-order chi connectivity index (χ0) is 11.9. The molecule has 17 heavy (non-hydrogen) atoms. The molecule has 1 aromatic carbocycles. The summed E-state index contributed by atoms with van der Waals surface area (Å²) in [5.74, 6) is 0.912. The quantitative estimate of drug-likeness (QED) is 0.735. The van der Waals surface area contributed by atoms with E-state index in [2.05, 4.69) is 12.2 Å². The summed E-state index contributed by atoms with van der Waals surface area (Å²) in [5.41, 5.74) is 0. The molecule has 0 atom stereocenters. The largest absolute Gasteiger partial charge is 0.491 e. The molecule has 0 bridgehead atoms. The number of nitrogens with one attached hydrogen (secondary N) is 1. The minimum absolute atomic E-state index is 0.429. The van der Waals surface area contributed by atoms with Crippen molar-refractivity contribution < 1.29 is 9.47 Å². The number of benzene rings is 1. The van der Waals surface area contributed by atoms with Gasteiger partial charge >= 0.3 is 0 Å². The first-order valence-corrected chi connectivity index (χ1v) is 6.41. The average molecular weight is 235 g/mol. The van der Waals surface area contributed by atoms with Gasteiger partial charge in [-0.3, -0.25) is 0 Å². The van der Waals surface area contributed by atoms with Crippen LogP contribution in [0.25, 0.3) is 0 Å². The second-order valence-electron chi connectivity index (χ2n) is 4.38. The molecule has 3 heteroatoms. The number of rotatable bonds is 7. The lowest BCUT2D eigenvalue weighted by Crippen LogP contribution is -2.45. The summed E-state index contributed by atoms with van der Waals surface area (Å²) in [6.07, 6.45) is 2.71. The smallest absolute Gasteiger partial charge is 0.119 e. The highest BCUT2D eigenvalue weighted by Gasteiger charge is 2.28. The van der Waals surface area contributed by atoms with Gasteiger partial charge in [0.15, 0.2) is 0 Å².